The minimum atomic E-state index is -0.218. The number of nitrogens with zero attached hydrogens (tertiary/aromatic N) is 3. The van der Waals surface area contributed by atoms with Crippen LogP contribution in [-0.4, -0.2) is 50.8 Å². The molecule has 1 amide bonds. The first-order chi connectivity index (χ1) is 16.0. The number of hydrogen-bond donors (Lipinski definition) is 1. The SMILES string of the molecule is CCCCCCN1C(=O)/C(=C/c2c(NCCCOCC)nc3c(C)cccn3c2=O)SC1=S. The van der Waals surface area contributed by atoms with Crippen molar-refractivity contribution in [3.05, 3.63) is 44.7 Å². The average Bonchev–Trinajstić information content (AvgIpc) is 3.06. The fourth-order valence-electron chi connectivity index (χ4n) is 3.62. The molecule has 2 aromatic rings. The van der Waals surface area contributed by atoms with Crippen molar-refractivity contribution in [2.75, 3.05) is 31.6 Å². The lowest BCUT2D eigenvalue weighted by atomic mass is 10.2. The van der Waals surface area contributed by atoms with Crippen LogP contribution in [0.4, 0.5) is 5.82 Å². The zero-order valence-electron chi connectivity index (χ0n) is 19.6. The predicted molar refractivity (Wildman–Crippen MR) is 140 cm³/mol. The van der Waals surface area contributed by atoms with Crippen LogP contribution in [0, 0.1) is 6.92 Å². The number of nitrogens with one attached hydrogen (secondary N) is 1. The second-order valence-corrected chi connectivity index (χ2v) is 9.61. The van der Waals surface area contributed by atoms with Crippen molar-refractivity contribution in [3.8, 4) is 0 Å². The molecular weight excluding hydrogens is 456 g/mol. The molecule has 1 fully saturated rings. The molecule has 1 N–H and O–H groups in total. The number of hydrogen-bond acceptors (Lipinski definition) is 7. The van der Waals surface area contributed by atoms with Crippen LogP contribution in [0.15, 0.2) is 28.0 Å². The summed E-state index contributed by atoms with van der Waals surface area (Å²) < 4.78 is 7.47. The third kappa shape index (κ3) is 6.22. The Hall–Kier alpha value is -2.23. The lowest BCUT2D eigenvalue weighted by Crippen LogP contribution is -2.29. The molecule has 7 nitrogen and oxygen atoms in total. The topological polar surface area (TPSA) is 75.9 Å². The number of ether oxygens (including phenoxy) is 1. The van der Waals surface area contributed by atoms with E-state index >= 15 is 0 Å². The molecule has 0 bridgehead atoms. The molecule has 33 heavy (non-hydrogen) atoms. The molecule has 0 atom stereocenters. The summed E-state index contributed by atoms with van der Waals surface area (Å²) in [5, 5.41) is 3.28. The van der Waals surface area contributed by atoms with Gasteiger partial charge in [0.1, 0.15) is 15.8 Å². The number of carbonyl (C=O) groups excluding carboxylic acids is 1. The average molecular weight is 489 g/mol. The van der Waals surface area contributed by atoms with Gasteiger partial charge in [-0.2, -0.15) is 0 Å². The van der Waals surface area contributed by atoms with E-state index in [1.54, 1.807) is 17.2 Å². The Kier molecular flexibility index (Phi) is 9.46. The smallest absolute Gasteiger partial charge is 0.267 e. The minimum Gasteiger partial charge on any atom is -0.382 e. The van der Waals surface area contributed by atoms with Gasteiger partial charge >= 0.3 is 0 Å². The highest BCUT2D eigenvalue weighted by molar-refractivity contribution is 8.26. The molecule has 2 aromatic heterocycles. The molecule has 3 rings (SSSR count). The number of aryl methyl sites for hydroxylation is 1. The highest BCUT2D eigenvalue weighted by Gasteiger charge is 2.32. The van der Waals surface area contributed by atoms with Crippen molar-refractivity contribution in [1.29, 1.82) is 0 Å². The zero-order chi connectivity index (χ0) is 23.8. The molecule has 0 saturated carbocycles. The third-order valence-corrected chi connectivity index (χ3v) is 6.81. The summed E-state index contributed by atoms with van der Waals surface area (Å²) in [4.78, 5) is 33.3. The Morgan fingerprint density at radius 2 is 2.03 bits per heavy atom. The summed E-state index contributed by atoms with van der Waals surface area (Å²) in [7, 11) is 0. The fourth-order valence-corrected chi connectivity index (χ4v) is 4.91. The number of amides is 1. The fraction of sp³-hybridized carbons (Fsp3) is 0.500. The first-order valence-corrected chi connectivity index (χ1v) is 12.8. The highest BCUT2D eigenvalue weighted by Crippen LogP contribution is 2.33. The van der Waals surface area contributed by atoms with Gasteiger partial charge in [-0.15, -0.1) is 0 Å². The largest absolute Gasteiger partial charge is 0.382 e. The molecule has 1 saturated heterocycles. The highest BCUT2D eigenvalue weighted by atomic mass is 32.2. The number of carbonyl (C=O) groups is 1. The number of fused-ring (bicyclic) bond motifs is 1. The Labute approximate surface area is 204 Å². The monoisotopic (exact) mass is 488 g/mol. The van der Waals surface area contributed by atoms with E-state index in [0.29, 0.717) is 52.6 Å². The van der Waals surface area contributed by atoms with Crippen molar-refractivity contribution in [1.82, 2.24) is 14.3 Å². The van der Waals surface area contributed by atoms with Gasteiger partial charge in [-0.1, -0.05) is 56.2 Å². The summed E-state index contributed by atoms with van der Waals surface area (Å²) in [5.41, 5.74) is 1.64. The zero-order valence-corrected chi connectivity index (χ0v) is 21.2. The number of thioether (sulfide) groups is 1. The standard InChI is InChI=1S/C24H32N4O3S2/c1-4-6-7-8-13-28-23(30)19(33-24(28)32)16-18-20(25-12-10-15-31-5-2)26-21-17(3)11-9-14-27(21)22(18)29/h9,11,14,16,25H,4-8,10,12-13,15H2,1-3H3/b19-16-. The third-order valence-electron chi connectivity index (χ3n) is 5.43. The van der Waals surface area contributed by atoms with Gasteiger partial charge in [0.2, 0.25) is 0 Å². The van der Waals surface area contributed by atoms with Crippen molar-refractivity contribution in [2.24, 2.45) is 0 Å². The van der Waals surface area contributed by atoms with Crippen molar-refractivity contribution in [2.45, 2.75) is 52.9 Å². The van der Waals surface area contributed by atoms with E-state index in [0.717, 1.165) is 37.7 Å². The second-order valence-electron chi connectivity index (χ2n) is 7.94. The molecule has 9 heteroatoms. The van der Waals surface area contributed by atoms with Crippen LogP contribution >= 0.6 is 24.0 Å². The molecule has 0 unspecified atom stereocenters. The first kappa shape index (κ1) is 25.4. The molecule has 1 aliphatic heterocycles. The van der Waals surface area contributed by atoms with Gasteiger partial charge in [-0.3, -0.25) is 18.9 Å². The van der Waals surface area contributed by atoms with Crippen molar-refractivity contribution in [3.63, 3.8) is 0 Å². The van der Waals surface area contributed by atoms with Gasteiger partial charge in [0.25, 0.3) is 11.5 Å². The van der Waals surface area contributed by atoms with E-state index in [4.69, 9.17) is 21.9 Å². The van der Waals surface area contributed by atoms with Crippen molar-refractivity contribution >= 4 is 51.7 Å². The van der Waals surface area contributed by atoms with Crippen LogP contribution in [0.2, 0.25) is 0 Å². The van der Waals surface area contributed by atoms with Crippen molar-refractivity contribution < 1.29 is 9.53 Å². The maximum Gasteiger partial charge on any atom is 0.267 e. The Balaban J connectivity index is 1.92. The molecule has 178 valence electrons. The number of rotatable bonds is 12. The van der Waals surface area contributed by atoms with Gasteiger partial charge in [-0.25, -0.2) is 4.98 Å². The van der Waals surface area contributed by atoms with Gasteiger partial charge in [-0.05, 0) is 44.4 Å². The predicted octanol–water partition coefficient (Wildman–Crippen LogP) is 4.62. The number of pyridine rings is 1. The van der Waals surface area contributed by atoms with Gasteiger partial charge in [0, 0.05) is 32.5 Å². The Morgan fingerprint density at radius 1 is 1.21 bits per heavy atom. The van der Waals surface area contributed by atoms with Gasteiger partial charge in [0.15, 0.2) is 0 Å². The number of thiocarbonyl (C=S) groups is 1. The molecule has 0 spiro atoms. The number of unbranched alkanes of at least 4 members (excludes halogenated alkanes) is 3. The first-order valence-electron chi connectivity index (χ1n) is 11.6. The summed E-state index contributed by atoms with van der Waals surface area (Å²) in [6, 6.07) is 3.74. The van der Waals surface area contributed by atoms with Gasteiger partial charge in [0.05, 0.1) is 10.5 Å². The quantitative estimate of drug-likeness (QED) is 0.265. The molecule has 3 heterocycles. The van der Waals surface area contributed by atoms with Crippen LogP contribution in [-0.2, 0) is 9.53 Å². The summed E-state index contributed by atoms with van der Waals surface area (Å²) in [6.07, 6.45) is 8.38. The van der Waals surface area contributed by atoms with Crippen LogP contribution in [0.1, 0.15) is 57.1 Å². The van der Waals surface area contributed by atoms with Gasteiger partial charge < -0.3 is 10.1 Å². The minimum absolute atomic E-state index is 0.141. The molecular formula is C24H32N4O3S2. The van der Waals surface area contributed by atoms with E-state index in [9.17, 15) is 9.59 Å². The summed E-state index contributed by atoms with van der Waals surface area (Å²) in [6.45, 7) is 8.54. The van der Waals surface area contributed by atoms with Crippen LogP contribution < -0.4 is 10.9 Å². The maximum absolute atomic E-state index is 13.4. The summed E-state index contributed by atoms with van der Waals surface area (Å²) >= 11 is 6.70. The lowest BCUT2D eigenvalue weighted by Gasteiger charge is -2.14. The molecule has 0 radical (unpaired) electrons. The van der Waals surface area contributed by atoms with Crippen LogP contribution in [0.25, 0.3) is 11.7 Å². The summed E-state index contributed by atoms with van der Waals surface area (Å²) in [5.74, 6) is 0.330. The van der Waals surface area contributed by atoms with E-state index in [-0.39, 0.29) is 11.5 Å². The van der Waals surface area contributed by atoms with Crippen LogP contribution in [0.5, 0.6) is 0 Å². The Morgan fingerprint density at radius 3 is 2.79 bits per heavy atom. The molecule has 0 aromatic carbocycles. The van der Waals surface area contributed by atoms with Crippen LogP contribution in [0.3, 0.4) is 0 Å². The normalized spacial score (nSPS) is 15.2. The second kappa shape index (κ2) is 12.3. The van der Waals surface area contributed by atoms with E-state index < -0.39 is 0 Å². The Bertz CT molecular complexity index is 1100. The van der Waals surface area contributed by atoms with E-state index in [2.05, 4.69) is 12.2 Å². The number of anilines is 1. The lowest BCUT2D eigenvalue weighted by molar-refractivity contribution is -0.122. The maximum atomic E-state index is 13.4. The van der Waals surface area contributed by atoms with E-state index in [1.807, 2.05) is 26.0 Å². The number of aromatic nitrogens is 2. The molecule has 1 aliphatic rings. The van der Waals surface area contributed by atoms with E-state index in [1.165, 1.54) is 16.2 Å². The molecule has 0 aliphatic carbocycles.